The molecule has 6 nitrogen and oxygen atoms in total. The maximum Gasteiger partial charge on any atom is 0.255 e. The highest BCUT2D eigenvalue weighted by atomic mass is 16.6. The van der Waals surface area contributed by atoms with Crippen molar-refractivity contribution in [3.05, 3.63) is 23.8 Å². The molecule has 1 aliphatic rings. The Hall–Kier alpha value is -2.24. The first-order valence-corrected chi connectivity index (χ1v) is 7.80. The molecule has 1 aromatic carbocycles. The van der Waals surface area contributed by atoms with E-state index in [9.17, 15) is 9.59 Å². The number of fused-ring (bicyclic) bond motifs is 1. The van der Waals surface area contributed by atoms with Crippen LogP contribution >= 0.6 is 0 Å². The van der Waals surface area contributed by atoms with Crippen LogP contribution in [0.25, 0.3) is 0 Å². The van der Waals surface area contributed by atoms with Gasteiger partial charge in [-0.2, -0.15) is 0 Å². The van der Waals surface area contributed by atoms with E-state index in [1.165, 1.54) is 0 Å². The normalized spacial score (nSPS) is 13.3. The molecule has 23 heavy (non-hydrogen) atoms. The van der Waals surface area contributed by atoms with E-state index in [0.717, 1.165) is 0 Å². The molecule has 1 aliphatic heterocycles. The number of ether oxygens (including phenoxy) is 2. The van der Waals surface area contributed by atoms with Gasteiger partial charge in [0, 0.05) is 19.5 Å². The minimum absolute atomic E-state index is 0.0134. The summed E-state index contributed by atoms with van der Waals surface area (Å²) in [4.78, 5) is 23.9. The smallest absolute Gasteiger partial charge is 0.255 e. The Morgan fingerprint density at radius 2 is 1.78 bits per heavy atom. The number of carbonyl (C=O) groups excluding carboxylic acids is 2. The molecule has 0 aliphatic carbocycles. The van der Waals surface area contributed by atoms with Gasteiger partial charge in [0.25, 0.3) is 5.91 Å². The van der Waals surface area contributed by atoms with E-state index >= 15 is 0 Å². The van der Waals surface area contributed by atoms with Crippen LogP contribution in [0.2, 0.25) is 0 Å². The molecular weight excluding hydrogens is 296 g/mol. The van der Waals surface area contributed by atoms with Crippen molar-refractivity contribution in [1.82, 2.24) is 10.6 Å². The van der Waals surface area contributed by atoms with Crippen molar-refractivity contribution in [2.75, 3.05) is 26.3 Å². The third-order valence-corrected chi connectivity index (χ3v) is 3.23. The summed E-state index contributed by atoms with van der Waals surface area (Å²) in [5.41, 5.74) is 0.400. The van der Waals surface area contributed by atoms with Crippen molar-refractivity contribution in [2.24, 2.45) is 5.41 Å². The minimum atomic E-state index is -0.238. The van der Waals surface area contributed by atoms with Gasteiger partial charge in [-0.05, 0) is 17.5 Å². The van der Waals surface area contributed by atoms with E-state index < -0.39 is 0 Å². The van der Waals surface area contributed by atoms with Crippen molar-refractivity contribution >= 4 is 11.8 Å². The second-order valence-electron chi connectivity index (χ2n) is 6.67. The second-order valence-corrected chi connectivity index (χ2v) is 6.67. The van der Waals surface area contributed by atoms with Crippen molar-refractivity contribution in [3.63, 3.8) is 0 Å². The molecule has 6 heteroatoms. The molecule has 126 valence electrons. The molecule has 2 rings (SSSR count). The lowest BCUT2D eigenvalue weighted by atomic mass is 9.92. The van der Waals surface area contributed by atoms with Crippen molar-refractivity contribution in [3.8, 4) is 11.5 Å². The molecule has 0 radical (unpaired) electrons. The number of rotatable bonds is 5. The van der Waals surface area contributed by atoms with Crippen LogP contribution in [0.1, 0.15) is 37.6 Å². The van der Waals surface area contributed by atoms with Gasteiger partial charge < -0.3 is 20.1 Å². The zero-order chi connectivity index (χ0) is 16.9. The molecule has 0 atom stereocenters. The third kappa shape index (κ3) is 5.16. The molecule has 1 heterocycles. The summed E-state index contributed by atoms with van der Waals surface area (Å²) in [5, 5.41) is 5.58. The Kier molecular flexibility index (Phi) is 5.47. The molecule has 0 unspecified atom stereocenters. The van der Waals surface area contributed by atoms with Gasteiger partial charge in [-0.15, -0.1) is 0 Å². The minimum Gasteiger partial charge on any atom is -0.486 e. The number of nitrogens with one attached hydrogen (secondary N) is 2. The average molecular weight is 320 g/mol. The highest BCUT2D eigenvalue weighted by molar-refractivity contribution is 5.97. The standard InChI is InChI=1S/C17H24N2O4/c1-17(2,3)11-14(20)18-7-8-19-16(21)12-5-4-6-13-15(12)23-10-9-22-13/h4-6H,7-11H2,1-3H3,(H,18,20)(H,19,21). The topological polar surface area (TPSA) is 76.7 Å². The number of carbonyl (C=O) groups is 2. The largest absolute Gasteiger partial charge is 0.486 e. The van der Waals surface area contributed by atoms with E-state index in [4.69, 9.17) is 9.47 Å². The fourth-order valence-corrected chi connectivity index (χ4v) is 2.27. The number of amides is 2. The first-order chi connectivity index (χ1) is 10.9. The molecule has 2 N–H and O–H groups in total. The van der Waals surface area contributed by atoms with E-state index in [1.54, 1.807) is 18.2 Å². The van der Waals surface area contributed by atoms with Gasteiger partial charge >= 0.3 is 0 Å². The number of hydrogen-bond donors (Lipinski definition) is 2. The van der Waals surface area contributed by atoms with Crippen LogP contribution in [0.5, 0.6) is 11.5 Å². The lowest BCUT2D eigenvalue weighted by Gasteiger charge is -2.20. The van der Waals surface area contributed by atoms with Crippen LogP contribution in [0.4, 0.5) is 0 Å². The predicted molar refractivity (Wildman–Crippen MR) is 86.8 cm³/mol. The Morgan fingerprint density at radius 1 is 1.09 bits per heavy atom. The van der Waals surface area contributed by atoms with Gasteiger partial charge in [-0.25, -0.2) is 0 Å². The summed E-state index contributed by atoms with van der Waals surface area (Å²) in [6, 6.07) is 5.23. The van der Waals surface area contributed by atoms with Crippen molar-refractivity contribution < 1.29 is 19.1 Å². The van der Waals surface area contributed by atoms with E-state index in [-0.39, 0.29) is 17.2 Å². The average Bonchev–Trinajstić information content (AvgIpc) is 2.49. The summed E-state index contributed by atoms with van der Waals surface area (Å²) in [5.74, 6) is 0.813. The summed E-state index contributed by atoms with van der Waals surface area (Å²) in [6.45, 7) is 7.70. The Balaban J connectivity index is 1.81. The molecule has 0 bridgehead atoms. The van der Waals surface area contributed by atoms with Crippen LogP contribution in [0.3, 0.4) is 0 Å². The lowest BCUT2D eigenvalue weighted by molar-refractivity contribution is -0.122. The fraction of sp³-hybridized carbons (Fsp3) is 0.529. The SMILES string of the molecule is CC(C)(C)CC(=O)NCCNC(=O)c1cccc2c1OCCO2. The van der Waals surface area contributed by atoms with Crippen LogP contribution in [0.15, 0.2) is 18.2 Å². The Morgan fingerprint density at radius 3 is 2.52 bits per heavy atom. The van der Waals surface area contributed by atoms with Gasteiger partial charge in [-0.3, -0.25) is 9.59 Å². The summed E-state index contributed by atoms with van der Waals surface area (Å²) >= 11 is 0. The second kappa shape index (κ2) is 7.35. The monoisotopic (exact) mass is 320 g/mol. The van der Waals surface area contributed by atoms with E-state index in [0.29, 0.717) is 49.8 Å². The fourth-order valence-electron chi connectivity index (χ4n) is 2.27. The first kappa shape index (κ1) is 17.1. The van der Waals surface area contributed by atoms with Gasteiger partial charge in [0.2, 0.25) is 5.91 Å². The van der Waals surface area contributed by atoms with E-state index in [1.807, 2.05) is 20.8 Å². The molecule has 0 saturated heterocycles. The summed E-state index contributed by atoms with van der Waals surface area (Å²) in [6.07, 6.45) is 0.457. The maximum atomic E-state index is 12.2. The van der Waals surface area contributed by atoms with E-state index in [2.05, 4.69) is 10.6 Å². The molecule has 0 fully saturated rings. The Bertz CT molecular complexity index is 578. The maximum absolute atomic E-state index is 12.2. The van der Waals surface area contributed by atoms with Crippen LogP contribution < -0.4 is 20.1 Å². The van der Waals surface area contributed by atoms with Crippen LogP contribution in [-0.4, -0.2) is 38.1 Å². The molecule has 1 aromatic rings. The van der Waals surface area contributed by atoms with Gasteiger partial charge in [0.15, 0.2) is 11.5 Å². The molecule has 0 aromatic heterocycles. The quantitative estimate of drug-likeness (QED) is 0.810. The molecule has 2 amide bonds. The van der Waals surface area contributed by atoms with Gasteiger partial charge in [0.05, 0.1) is 5.56 Å². The summed E-state index contributed by atoms with van der Waals surface area (Å²) in [7, 11) is 0. The first-order valence-electron chi connectivity index (χ1n) is 7.80. The number of benzene rings is 1. The van der Waals surface area contributed by atoms with Crippen LogP contribution in [0, 0.1) is 5.41 Å². The highest BCUT2D eigenvalue weighted by Gasteiger charge is 2.20. The molecule has 0 spiro atoms. The van der Waals surface area contributed by atoms with Gasteiger partial charge in [0.1, 0.15) is 13.2 Å². The zero-order valence-electron chi connectivity index (χ0n) is 13.9. The molecule has 0 saturated carbocycles. The Labute approximate surface area is 136 Å². The third-order valence-electron chi connectivity index (χ3n) is 3.23. The van der Waals surface area contributed by atoms with Gasteiger partial charge in [-0.1, -0.05) is 26.8 Å². The predicted octanol–water partition coefficient (Wildman–Crippen LogP) is 1.74. The zero-order valence-corrected chi connectivity index (χ0v) is 13.9. The van der Waals surface area contributed by atoms with Crippen LogP contribution in [-0.2, 0) is 4.79 Å². The number of para-hydroxylation sites is 1. The van der Waals surface area contributed by atoms with Crippen molar-refractivity contribution in [1.29, 1.82) is 0 Å². The summed E-state index contributed by atoms with van der Waals surface area (Å²) < 4.78 is 11.0. The molecular formula is C17H24N2O4. The van der Waals surface area contributed by atoms with Crippen molar-refractivity contribution in [2.45, 2.75) is 27.2 Å². The lowest BCUT2D eigenvalue weighted by Crippen LogP contribution is -2.36. The highest BCUT2D eigenvalue weighted by Crippen LogP contribution is 2.33. The number of hydrogen-bond acceptors (Lipinski definition) is 4.